The van der Waals surface area contributed by atoms with Gasteiger partial charge in [0.1, 0.15) is 0 Å². The first kappa shape index (κ1) is 21.9. The van der Waals surface area contributed by atoms with Crippen molar-refractivity contribution in [1.82, 2.24) is 14.8 Å². The Morgan fingerprint density at radius 2 is 1.78 bits per heavy atom. The van der Waals surface area contributed by atoms with Crippen molar-refractivity contribution in [3.8, 4) is 17.3 Å². The summed E-state index contributed by atoms with van der Waals surface area (Å²) in [5.74, 6) is 1.33. The molecule has 0 atom stereocenters. The first-order chi connectivity index (χ1) is 15.3. The number of hydrogen-bond acceptors (Lipinski definition) is 5. The number of aryl methyl sites for hydroxylation is 1. The van der Waals surface area contributed by atoms with Gasteiger partial charge in [0.15, 0.2) is 10.9 Å². The van der Waals surface area contributed by atoms with Gasteiger partial charge in [-0.25, -0.2) is 0 Å². The quantitative estimate of drug-likeness (QED) is 0.375. The lowest BCUT2D eigenvalue weighted by molar-refractivity contribution is -0.113. The summed E-state index contributed by atoms with van der Waals surface area (Å²) < 4.78 is 7.47. The minimum absolute atomic E-state index is 0.0689. The van der Waals surface area contributed by atoms with E-state index in [0.717, 1.165) is 22.5 Å². The fourth-order valence-electron chi connectivity index (χ4n) is 3.42. The molecule has 0 unspecified atom stereocenters. The number of furan rings is 1. The monoisotopic (exact) mass is 446 g/mol. The summed E-state index contributed by atoms with van der Waals surface area (Å²) >= 11 is 1.34. The lowest BCUT2D eigenvalue weighted by Gasteiger charge is -2.23. The molecule has 0 aliphatic carbocycles. The fourth-order valence-corrected chi connectivity index (χ4v) is 4.17. The van der Waals surface area contributed by atoms with Crippen LogP contribution in [0.1, 0.15) is 31.9 Å². The molecule has 0 bridgehead atoms. The Bertz CT molecular complexity index is 1210. The molecule has 6 nitrogen and oxygen atoms in total. The van der Waals surface area contributed by atoms with E-state index in [0.29, 0.717) is 16.7 Å². The second-order valence-electron chi connectivity index (χ2n) is 8.59. The smallest absolute Gasteiger partial charge is 0.234 e. The lowest BCUT2D eigenvalue weighted by Crippen LogP contribution is -2.20. The molecule has 1 amide bonds. The number of nitrogens with zero attached hydrogens (tertiary/aromatic N) is 3. The van der Waals surface area contributed by atoms with Crippen LogP contribution in [-0.4, -0.2) is 26.4 Å². The van der Waals surface area contributed by atoms with Gasteiger partial charge in [0.2, 0.25) is 11.7 Å². The number of anilines is 1. The molecular formula is C25H26N4O2S. The van der Waals surface area contributed by atoms with E-state index < -0.39 is 0 Å². The topological polar surface area (TPSA) is 73.0 Å². The van der Waals surface area contributed by atoms with Crippen LogP contribution in [0.3, 0.4) is 0 Å². The molecule has 0 saturated carbocycles. The number of carbonyl (C=O) groups is 1. The zero-order valence-electron chi connectivity index (χ0n) is 18.6. The third-order valence-corrected chi connectivity index (χ3v) is 5.94. The molecule has 1 N–H and O–H groups in total. The zero-order chi connectivity index (χ0) is 22.7. The van der Waals surface area contributed by atoms with Crippen molar-refractivity contribution in [1.29, 1.82) is 0 Å². The summed E-state index contributed by atoms with van der Waals surface area (Å²) in [5.41, 5.74) is 3.93. The predicted molar refractivity (Wildman–Crippen MR) is 128 cm³/mol. The Labute approximate surface area is 192 Å². The first-order valence-electron chi connectivity index (χ1n) is 10.4. The van der Waals surface area contributed by atoms with Crippen LogP contribution in [0.5, 0.6) is 0 Å². The van der Waals surface area contributed by atoms with E-state index in [1.54, 1.807) is 6.26 Å². The number of rotatable bonds is 6. The summed E-state index contributed by atoms with van der Waals surface area (Å²) in [6.07, 6.45) is 1.61. The van der Waals surface area contributed by atoms with Gasteiger partial charge in [0.05, 0.1) is 12.0 Å². The van der Waals surface area contributed by atoms with Gasteiger partial charge in [-0.3, -0.25) is 9.36 Å². The SMILES string of the molecule is Cc1ccc(-n2c(SCC(=O)Nc3ccccc3C(C)(C)C)nnc2-c2ccco2)cc1. The second kappa shape index (κ2) is 9.04. The highest BCUT2D eigenvalue weighted by Crippen LogP contribution is 2.31. The lowest BCUT2D eigenvalue weighted by atomic mass is 9.86. The molecular weight excluding hydrogens is 420 g/mol. The largest absolute Gasteiger partial charge is 0.461 e. The molecule has 4 aromatic rings. The minimum Gasteiger partial charge on any atom is -0.461 e. The second-order valence-corrected chi connectivity index (χ2v) is 9.53. The molecule has 4 rings (SSSR count). The molecule has 0 fully saturated rings. The van der Waals surface area contributed by atoms with Crippen LogP contribution < -0.4 is 5.32 Å². The molecule has 164 valence electrons. The van der Waals surface area contributed by atoms with Crippen molar-refractivity contribution in [2.45, 2.75) is 38.3 Å². The number of aromatic nitrogens is 3. The Kier molecular flexibility index (Phi) is 6.19. The Morgan fingerprint density at radius 3 is 2.47 bits per heavy atom. The summed E-state index contributed by atoms with van der Waals surface area (Å²) in [5, 5.41) is 12.4. The van der Waals surface area contributed by atoms with Gasteiger partial charge in [-0.05, 0) is 48.2 Å². The van der Waals surface area contributed by atoms with Crippen LogP contribution >= 0.6 is 11.8 Å². The summed E-state index contributed by atoms with van der Waals surface area (Å²) in [6.45, 7) is 8.44. The molecule has 32 heavy (non-hydrogen) atoms. The van der Waals surface area contributed by atoms with Crippen LogP contribution in [0, 0.1) is 6.92 Å². The number of hydrogen-bond donors (Lipinski definition) is 1. The van der Waals surface area contributed by atoms with E-state index in [2.05, 4.69) is 36.3 Å². The van der Waals surface area contributed by atoms with Crippen molar-refractivity contribution >= 4 is 23.4 Å². The van der Waals surface area contributed by atoms with Gasteiger partial charge in [0, 0.05) is 11.4 Å². The fraction of sp³-hybridized carbons (Fsp3) is 0.240. The Balaban J connectivity index is 1.57. The maximum Gasteiger partial charge on any atom is 0.234 e. The first-order valence-corrected chi connectivity index (χ1v) is 11.4. The average Bonchev–Trinajstić information content (AvgIpc) is 3.42. The highest BCUT2D eigenvalue weighted by molar-refractivity contribution is 7.99. The number of amides is 1. The molecule has 0 radical (unpaired) electrons. The third kappa shape index (κ3) is 4.78. The van der Waals surface area contributed by atoms with E-state index >= 15 is 0 Å². The predicted octanol–water partition coefficient (Wildman–Crippen LogP) is 5.86. The highest BCUT2D eigenvalue weighted by Gasteiger charge is 2.21. The van der Waals surface area contributed by atoms with E-state index in [-0.39, 0.29) is 17.1 Å². The number of carbonyl (C=O) groups excluding carboxylic acids is 1. The van der Waals surface area contributed by atoms with Gasteiger partial charge < -0.3 is 9.73 Å². The molecule has 0 aliphatic heterocycles. The number of nitrogens with one attached hydrogen (secondary N) is 1. The molecule has 2 aromatic heterocycles. The van der Waals surface area contributed by atoms with Crippen molar-refractivity contribution < 1.29 is 9.21 Å². The van der Waals surface area contributed by atoms with Crippen LogP contribution in [0.15, 0.2) is 76.5 Å². The Morgan fingerprint density at radius 1 is 1.03 bits per heavy atom. The number of para-hydroxylation sites is 1. The molecule has 7 heteroatoms. The van der Waals surface area contributed by atoms with Crippen molar-refractivity contribution in [2.75, 3.05) is 11.1 Å². The number of thioether (sulfide) groups is 1. The normalized spacial score (nSPS) is 11.5. The van der Waals surface area contributed by atoms with Gasteiger partial charge >= 0.3 is 0 Å². The standard InChI is InChI=1S/C25H26N4O2S/c1-17-11-13-18(14-12-17)29-23(21-10-7-15-31-21)27-28-24(29)32-16-22(30)26-20-9-6-5-8-19(20)25(2,3)4/h5-15H,16H2,1-4H3,(H,26,30). The molecule has 2 heterocycles. The number of benzene rings is 2. The van der Waals surface area contributed by atoms with Crippen molar-refractivity contribution in [2.24, 2.45) is 0 Å². The van der Waals surface area contributed by atoms with Gasteiger partial charge in [0.25, 0.3) is 0 Å². The average molecular weight is 447 g/mol. The molecule has 0 spiro atoms. The molecule has 0 aliphatic rings. The van der Waals surface area contributed by atoms with E-state index in [9.17, 15) is 4.79 Å². The third-order valence-electron chi connectivity index (χ3n) is 5.01. The van der Waals surface area contributed by atoms with E-state index in [1.165, 1.54) is 11.8 Å². The van der Waals surface area contributed by atoms with Gasteiger partial charge in [-0.1, -0.05) is 68.4 Å². The highest BCUT2D eigenvalue weighted by atomic mass is 32.2. The minimum atomic E-state index is -0.0929. The maximum absolute atomic E-state index is 12.8. The van der Waals surface area contributed by atoms with Crippen LogP contribution in [0.25, 0.3) is 17.3 Å². The van der Waals surface area contributed by atoms with E-state index in [4.69, 9.17) is 4.42 Å². The summed E-state index contributed by atoms with van der Waals surface area (Å²) in [7, 11) is 0. The van der Waals surface area contributed by atoms with Gasteiger partial charge in [-0.2, -0.15) is 0 Å². The van der Waals surface area contributed by atoms with Crippen molar-refractivity contribution in [3.05, 3.63) is 78.1 Å². The van der Waals surface area contributed by atoms with Gasteiger partial charge in [-0.15, -0.1) is 10.2 Å². The van der Waals surface area contributed by atoms with Crippen LogP contribution in [-0.2, 0) is 10.2 Å². The zero-order valence-corrected chi connectivity index (χ0v) is 19.4. The summed E-state index contributed by atoms with van der Waals surface area (Å²) in [6, 6.07) is 19.7. The van der Waals surface area contributed by atoms with Crippen LogP contribution in [0.4, 0.5) is 5.69 Å². The van der Waals surface area contributed by atoms with E-state index in [1.807, 2.05) is 72.2 Å². The maximum atomic E-state index is 12.8. The molecule has 2 aromatic carbocycles. The Hall–Kier alpha value is -3.32. The van der Waals surface area contributed by atoms with Crippen molar-refractivity contribution in [3.63, 3.8) is 0 Å². The van der Waals surface area contributed by atoms with Crippen LogP contribution in [0.2, 0.25) is 0 Å². The molecule has 0 saturated heterocycles. The summed E-state index contributed by atoms with van der Waals surface area (Å²) in [4.78, 5) is 12.8.